The summed E-state index contributed by atoms with van der Waals surface area (Å²) in [5.74, 6) is 0. The Labute approximate surface area is 118 Å². The van der Waals surface area contributed by atoms with Crippen LogP contribution in [-0.4, -0.2) is 37.5 Å². The summed E-state index contributed by atoms with van der Waals surface area (Å²) in [5, 5.41) is 5.65. The first kappa shape index (κ1) is 19.0. The molecule has 0 spiro atoms. The second-order valence-electron chi connectivity index (χ2n) is 5.60. The number of alkyl halides is 3. The number of carbonyl (C=O) groups excluding carboxylic acids is 1. The fourth-order valence-corrected chi connectivity index (χ4v) is 1.42. The van der Waals surface area contributed by atoms with Crippen LogP contribution in [0.1, 0.15) is 46.5 Å². The molecule has 0 aromatic heterocycles. The van der Waals surface area contributed by atoms with Crippen LogP contribution in [0.5, 0.6) is 0 Å². The summed E-state index contributed by atoms with van der Waals surface area (Å²) in [4.78, 5) is 11.3. The van der Waals surface area contributed by atoms with Gasteiger partial charge in [-0.15, -0.1) is 0 Å². The highest BCUT2D eigenvalue weighted by atomic mass is 19.4. The lowest BCUT2D eigenvalue weighted by Crippen LogP contribution is -2.34. The van der Waals surface area contributed by atoms with Gasteiger partial charge in [0.25, 0.3) is 0 Å². The van der Waals surface area contributed by atoms with Crippen LogP contribution >= 0.6 is 0 Å². The molecule has 0 atom stereocenters. The highest BCUT2D eigenvalue weighted by Gasteiger charge is 2.25. The SMILES string of the molecule is CC(C)(C)OC(=O)NCCCNCCCCC(F)(F)F. The molecule has 0 aromatic carbocycles. The van der Waals surface area contributed by atoms with Gasteiger partial charge in [-0.25, -0.2) is 4.79 Å². The molecule has 0 saturated heterocycles. The van der Waals surface area contributed by atoms with Gasteiger partial charge < -0.3 is 15.4 Å². The van der Waals surface area contributed by atoms with Gasteiger partial charge in [0.15, 0.2) is 0 Å². The second-order valence-corrected chi connectivity index (χ2v) is 5.60. The summed E-state index contributed by atoms with van der Waals surface area (Å²) >= 11 is 0. The Morgan fingerprint density at radius 2 is 1.60 bits per heavy atom. The van der Waals surface area contributed by atoms with E-state index in [0.717, 1.165) is 0 Å². The predicted molar refractivity (Wildman–Crippen MR) is 71.6 cm³/mol. The molecule has 0 fully saturated rings. The van der Waals surface area contributed by atoms with E-state index in [0.29, 0.717) is 32.5 Å². The van der Waals surface area contributed by atoms with Crippen LogP contribution < -0.4 is 10.6 Å². The van der Waals surface area contributed by atoms with Crippen LogP contribution in [0.25, 0.3) is 0 Å². The average Bonchev–Trinajstić information content (AvgIpc) is 2.22. The molecule has 120 valence electrons. The van der Waals surface area contributed by atoms with Crippen molar-refractivity contribution >= 4 is 6.09 Å². The summed E-state index contributed by atoms with van der Waals surface area (Å²) in [7, 11) is 0. The summed E-state index contributed by atoms with van der Waals surface area (Å²) in [6.07, 6.45) is -3.89. The lowest BCUT2D eigenvalue weighted by molar-refractivity contribution is -0.135. The quantitative estimate of drug-likeness (QED) is 0.676. The average molecular weight is 298 g/mol. The molecule has 20 heavy (non-hydrogen) atoms. The van der Waals surface area contributed by atoms with Crippen LogP contribution in [0, 0.1) is 0 Å². The zero-order valence-electron chi connectivity index (χ0n) is 12.4. The number of ether oxygens (including phenoxy) is 1. The topological polar surface area (TPSA) is 50.4 Å². The number of hydrogen-bond acceptors (Lipinski definition) is 3. The number of halogens is 3. The Morgan fingerprint density at radius 3 is 2.15 bits per heavy atom. The molecule has 0 aromatic rings. The molecule has 0 aliphatic heterocycles. The van der Waals surface area contributed by atoms with Crippen molar-refractivity contribution in [2.24, 2.45) is 0 Å². The molecular formula is C13H25F3N2O2. The molecule has 4 nitrogen and oxygen atoms in total. The smallest absolute Gasteiger partial charge is 0.407 e. The first-order valence-electron chi connectivity index (χ1n) is 6.84. The third-order valence-corrected chi connectivity index (χ3v) is 2.26. The number of nitrogens with one attached hydrogen (secondary N) is 2. The van der Waals surface area contributed by atoms with Gasteiger partial charge in [-0.3, -0.25) is 0 Å². The zero-order chi connectivity index (χ0) is 15.6. The predicted octanol–water partition coefficient (Wildman–Crippen LogP) is 3.22. The lowest BCUT2D eigenvalue weighted by atomic mass is 10.2. The van der Waals surface area contributed by atoms with Gasteiger partial charge in [-0.1, -0.05) is 0 Å². The van der Waals surface area contributed by atoms with Crippen molar-refractivity contribution in [3.8, 4) is 0 Å². The Morgan fingerprint density at radius 1 is 1.00 bits per heavy atom. The third kappa shape index (κ3) is 15.1. The van der Waals surface area contributed by atoms with Gasteiger partial charge in [-0.05, 0) is 53.1 Å². The number of alkyl carbamates (subject to hydrolysis) is 1. The van der Waals surface area contributed by atoms with E-state index in [2.05, 4.69) is 10.6 Å². The van der Waals surface area contributed by atoms with Crippen molar-refractivity contribution in [2.45, 2.75) is 58.2 Å². The van der Waals surface area contributed by atoms with E-state index < -0.39 is 24.3 Å². The molecule has 0 rings (SSSR count). The summed E-state index contributed by atoms with van der Waals surface area (Å²) < 4.78 is 40.6. The molecule has 0 heterocycles. The Balaban J connectivity index is 3.31. The number of carbonyl (C=O) groups is 1. The molecular weight excluding hydrogens is 273 g/mol. The molecule has 0 radical (unpaired) electrons. The minimum Gasteiger partial charge on any atom is -0.444 e. The van der Waals surface area contributed by atoms with E-state index in [9.17, 15) is 18.0 Å². The maximum Gasteiger partial charge on any atom is 0.407 e. The molecule has 0 aliphatic carbocycles. The van der Waals surface area contributed by atoms with Gasteiger partial charge in [-0.2, -0.15) is 13.2 Å². The van der Waals surface area contributed by atoms with Crippen LogP contribution in [0.2, 0.25) is 0 Å². The Kier molecular flexibility index (Phi) is 8.60. The number of hydrogen-bond donors (Lipinski definition) is 2. The second kappa shape index (κ2) is 9.05. The van der Waals surface area contributed by atoms with Crippen molar-refractivity contribution < 1.29 is 22.7 Å². The Hall–Kier alpha value is -0.980. The summed E-state index contributed by atoms with van der Waals surface area (Å²) in [6.45, 7) is 7.05. The van der Waals surface area contributed by atoms with E-state index in [1.54, 1.807) is 20.8 Å². The minimum atomic E-state index is -4.06. The Bertz CT molecular complexity index is 276. The van der Waals surface area contributed by atoms with Crippen LogP contribution in [0.3, 0.4) is 0 Å². The molecule has 1 amide bonds. The van der Waals surface area contributed by atoms with Crippen molar-refractivity contribution in [1.82, 2.24) is 10.6 Å². The maximum atomic E-state index is 11.9. The van der Waals surface area contributed by atoms with Crippen molar-refractivity contribution in [1.29, 1.82) is 0 Å². The zero-order valence-corrected chi connectivity index (χ0v) is 12.4. The van der Waals surface area contributed by atoms with Crippen molar-refractivity contribution in [3.63, 3.8) is 0 Å². The highest BCUT2D eigenvalue weighted by molar-refractivity contribution is 5.67. The molecule has 0 aliphatic rings. The first-order valence-corrected chi connectivity index (χ1v) is 6.84. The molecule has 0 bridgehead atoms. The molecule has 7 heteroatoms. The number of unbranched alkanes of at least 4 members (excludes halogenated alkanes) is 1. The first-order chi connectivity index (χ1) is 9.10. The van der Waals surface area contributed by atoms with Gasteiger partial charge in [0.05, 0.1) is 0 Å². The van der Waals surface area contributed by atoms with E-state index in [4.69, 9.17) is 4.74 Å². The molecule has 2 N–H and O–H groups in total. The van der Waals surface area contributed by atoms with E-state index >= 15 is 0 Å². The summed E-state index contributed by atoms with van der Waals surface area (Å²) in [5.41, 5.74) is -0.513. The van der Waals surface area contributed by atoms with Gasteiger partial charge in [0, 0.05) is 13.0 Å². The fourth-order valence-electron chi connectivity index (χ4n) is 1.42. The van der Waals surface area contributed by atoms with Crippen LogP contribution in [0.4, 0.5) is 18.0 Å². The number of amides is 1. The monoisotopic (exact) mass is 298 g/mol. The highest BCUT2D eigenvalue weighted by Crippen LogP contribution is 2.21. The minimum absolute atomic E-state index is 0.145. The van der Waals surface area contributed by atoms with Gasteiger partial charge in [0.1, 0.15) is 5.60 Å². The third-order valence-electron chi connectivity index (χ3n) is 2.26. The normalized spacial score (nSPS) is 12.3. The van der Waals surface area contributed by atoms with Crippen molar-refractivity contribution in [3.05, 3.63) is 0 Å². The van der Waals surface area contributed by atoms with Crippen LogP contribution in [-0.2, 0) is 4.74 Å². The largest absolute Gasteiger partial charge is 0.444 e. The maximum absolute atomic E-state index is 11.9. The van der Waals surface area contributed by atoms with Crippen molar-refractivity contribution in [2.75, 3.05) is 19.6 Å². The fraction of sp³-hybridized carbons (Fsp3) is 0.923. The molecule has 0 unspecified atom stereocenters. The summed E-state index contributed by atoms with van der Waals surface area (Å²) in [6, 6.07) is 0. The lowest BCUT2D eigenvalue weighted by Gasteiger charge is -2.19. The van der Waals surface area contributed by atoms with E-state index in [1.165, 1.54) is 0 Å². The number of rotatable bonds is 8. The van der Waals surface area contributed by atoms with Crippen LogP contribution in [0.15, 0.2) is 0 Å². The standard InChI is InChI=1S/C13H25F3N2O2/c1-12(2,3)20-11(19)18-10-6-9-17-8-5-4-7-13(14,15)16/h17H,4-10H2,1-3H3,(H,18,19). The van der Waals surface area contributed by atoms with Gasteiger partial charge in [0.2, 0.25) is 0 Å². The van der Waals surface area contributed by atoms with Gasteiger partial charge >= 0.3 is 12.3 Å². The van der Waals surface area contributed by atoms with E-state index in [-0.39, 0.29) is 6.42 Å². The molecule has 0 saturated carbocycles. The van der Waals surface area contributed by atoms with E-state index in [1.807, 2.05) is 0 Å².